The van der Waals surface area contributed by atoms with E-state index in [0.717, 1.165) is 68.0 Å². The Morgan fingerprint density at radius 2 is 1.97 bits per heavy atom. The number of nitrogens with one attached hydrogen (secondary N) is 1. The van der Waals surface area contributed by atoms with Crippen LogP contribution in [0.2, 0.25) is 5.02 Å². The van der Waals surface area contributed by atoms with Crippen molar-refractivity contribution >= 4 is 34.2 Å². The minimum absolute atomic E-state index is 0.0626. The van der Waals surface area contributed by atoms with E-state index < -0.39 is 10.8 Å². The van der Waals surface area contributed by atoms with E-state index in [1.807, 2.05) is 0 Å². The van der Waals surface area contributed by atoms with E-state index in [2.05, 4.69) is 20.2 Å². The van der Waals surface area contributed by atoms with Gasteiger partial charge in [0, 0.05) is 42.6 Å². The smallest absolute Gasteiger partial charge is 0.227 e. The summed E-state index contributed by atoms with van der Waals surface area (Å²) < 4.78 is 12.9. The maximum Gasteiger partial charge on any atom is 0.227 e. The number of aliphatic hydroxyl groups excluding tert-OH is 1. The first-order valence-electron chi connectivity index (χ1n) is 11.0. The molecule has 2 aliphatic carbocycles. The molecule has 6 rings (SSSR count). The molecule has 0 amide bonds. The molecule has 10 heteroatoms. The third-order valence-electron chi connectivity index (χ3n) is 7.22. The highest BCUT2D eigenvalue weighted by atomic mass is 35.5. The Kier molecular flexibility index (Phi) is 4.70. The van der Waals surface area contributed by atoms with Gasteiger partial charge >= 0.3 is 0 Å². The second-order valence-corrected chi connectivity index (χ2v) is 11.2. The summed E-state index contributed by atoms with van der Waals surface area (Å²) in [5.74, 6) is 2.81. The summed E-state index contributed by atoms with van der Waals surface area (Å²) in [6.45, 7) is 1.70. The number of aliphatic hydroxyl groups is 1. The Morgan fingerprint density at radius 1 is 1.23 bits per heavy atom. The van der Waals surface area contributed by atoms with Crippen LogP contribution in [0.5, 0.6) is 0 Å². The van der Waals surface area contributed by atoms with E-state index in [4.69, 9.17) is 21.6 Å². The molecule has 2 aliphatic heterocycles. The third kappa shape index (κ3) is 3.32. The van der Waals surface area contributed by atoms with Crippen LogP contribution in [0.15, 0.2) is 17.3 Å². The molecule has 2 saturated carbocycles. The number of rotatable bonds is 5. The largest absolute Gasteiger partial charge is 0.394 e. The Morgan fingerprint density at radius 3 is 2.61 bits per heavy atom. The van der Waals surface area contributed by atoms with Gasteiger partial charge in [0.05, 0.1) is 33.7 Å². The zero-order valence-electron chi connectivity index (χ0n) is 17.1. The second-order valence-electron chi connectivity index (χ2n) is 9.20. The van der Waals surface area contributed by atoms with Gasteiger partial charge in [-0.25, -0.2) is 15.0 Å². The van der Waals surface area contributed by atoms with Crippen LogP contribution >= 0.6 is 11.6 Å². The number of hydrogen-bond donors (Lipinski definition) is 2. The molecular formula is C21H25ClN6O2S. The molecule has 1 saturated heterocycles. The van der Waals surface area contributed by atoms with Crippen molar-refractivity contribution in [2.24, 2.45) is 0 Å². The van der Waals surface area contributed by atoms with Gasteiger partial charge in [-0.15, -0.1) is 0 Å². The molecule has 0 bridgehead atoms. The molecule has 3 atom stereocenters. The average molecular weight is 461 g/mol. The Hall–Kier alpha value is -1.84. The minimum Gasteiger partial charge on any atom is -0.394 e. The summed E-state index contributed by atoms with van der Waals surface area (Å²) in [6, 6.07) is 0. The number of halogens is 1. The summed E-state index contributed by atoms with van der Waals surface area (Å²) in [5, 5.41) is 14.2. The Balaban J connectivity index is 1.26. The van der Waals surface area contributed by atoms with E-state index in [-0.39, 0.29) is 17.4 Å². The molecule has 0 aromatic carbocycles. The summed E-state index contributed by atoms with van der Waals surface area (Å²) >= 11 is 5.92. The van der Waals surface area contributed by atoms with Crippen LogP contribution < -0.4 is 10.2 Å². The molecular weight excluding hydrogens is 436 g/mol. The monoisotopic (exact) mass is 460 g/mol. The molecule has 3 fully saturated rings. The second kappa shape index (κ2) is 7.35. The highest BCUT2D eigenvalue weighted by molar-refractivity contribution is 7.86. The van der Waals surface area contributed by atoms with Crippen LogP contribution in [0.25, 0.3) is 0 Å². The first-order chi connectivity index (χ1) is 15.1. The molecule has 8 nitrogen and oxygen atoms in total. The summed E-state index contributed by atoms with van der Waals surface area (Å²) in [7, 11) is -1.06. The fraction of sp³-hybridized carbons (Fsp3) is 0.619. The molecule has 0 radical (unpaired) electrons. The van der Waals surface area contributed by atoms with Crippen LogP contribution in [0.4, 0.5) is 11.8 Å². The Labute approximate surface area is 188 Å². The topological polar surface area (TPSA) is 104 Å². The van der Waals surface area contributed by atoms with Crippen LogP contribution in [-0.2, 0) is 10.8 Å². The molecule has 2 aromatic heterocycles. The van der Waals surface area contributed by atoms with Gasteiger partial charge in [-0.2, -0.15) is 4.98 Å². The van der Waals surface area contributed by atoms with Crippen molar-refractivity contribution in [1.29, 1.82) is 0 Å². The van der Waals surface area contributed by atoms with Gasteiger partial charge in [0.15, 0.2) is 0 Å². The normalized spacial score (nSPS) is 28.6. The van der Waals surface area contributed by atoms with E-state index in [9.17, 15) is 9.32 Å². The van der Waals surface area contributed by atoms with Crippen molar-refractivity contribution in [2.75, 3.05) is 29.9 Å². The number of hydrogen-bond acceptors (Lipinski definition) is 8. The zero-order valence-corrected chi connectivity index (χ0v) is 18.7. The Bertz CT molecular complexity index is 1030. The third-order valence-corrected chi connectivity index (χ3v) is 9.29. The van der Waals surface area contributed by atoms with Gasteiger partial charge in [0.2, 0.25) is 5.95 Å². The van der Waals surface area contributed by atoms with Crippen LogP contribution in [-0.4, -0.2) is 59.7 Å². The minimum atomic E-state index is -1.06. The van der Waals surface area contributed by atoms with Gasteiger partial charge < -0.3 is 15.3 Å². The summed E-state index contributed by atoms with van der Waals surface area (Å²) in [6.07, 6.45) is 9.00. The number of aromatic nitrogens is 4. The molecule has 0 spiro atoms. The molecule has 31 heavy (non-hydrogen) atoms. The molecule has 2 N–H and O–H groups in total. The fourth-order valence-corrected chi connectivity index (χ4v) is 6.93. The lowest BCUT2D eigenvalue weighted by molar-refractivity contribution is 0.143. The summed E-state index contributed by atoms with van der Waals surface area (Å²) in [5.41, 5.74) is 0.612. The van der Waals surface area contributed by atoms with Crippen molar-refractivity contribution in [3.8, 4) is 0 Å². The van der Waals surface area contributed by atoms with Gasteiger partial charge in [-0.05, 0) is 38.5 Å². The molecule has 1 unspecified atom stereocenters. The lowest BCUT2D eigenvalue weighted by Gasteiger charge is -2.42. The van der Waals surface area contributed by atoms with E-state index in [0.29, 0.717) is 28.6 Å². The van der Waals surface area contributed by atoms with Crippen molar-refractivity contribution < 1.29 is 9.32 Å². The maximum absolute atomic E-state index is 12.9. The van der Waals surface area contributed by atoms with Crippen LogP contribution in [0.3, 0.4) is 0 Å². The van der Waals surface area contributed by atoms with Crippen molar-refractivity contribution in [3.05, 3.63) is 28.9 Å². The number of anilines is 2. The van der Waals surface area contributed by atoms with E-state index >= 15 is 0 Å². The van der Waals surface area contributed by atoms with Gasteiger partial charge in [0.25, 0.3) is 0 Å². The lowest BCUT2D eigenvalue weighted by Crippen LogP contribution is -2.49. The SMILES string of the molecule is O=[S@]1c2c(NC3(CO)CCC3)nc(N3CCC(c4ncc(Cl)cn4)CC3)nc2[C@H]2CC21. The molecule has 164 valence electrons. The van der Waals surface area contributed by atoms with E-state index in [1.54, 1.807) is 12.4 Å². The fourth-order valence-electron chi connectivity index (χ4n) is 5.03. The highest BCUT2D eigenvalue weighted by Gasteiger charge is 2.54. The van der Waals surface area contributed by atoms with Crippen molar-refractivity contribution in [2.45, 2.75) is 66.0 Å². The van der Waals surface area contributed by atoms with Gasteiger partial charge in [-0.3, -0.25) is 4.21 Å². The zero-order chi connectivity index (χ0) is 21.2. The predicted molar refractivity (Wildman–Crippen MR) is 118 cm³/mol. The first-order valence-corrected chi connectivity index (χ1v) is 12.6. The predicted octanol–water partition coefficient (Wildman–Crippen LogP) is 2.61. The highest BCUT2D eigenvalue weighted by Crippen LogP contribution is 2.56. The number of nitrogens with zero attached hydrogens (tertiary/aromatic N) is 5. The average Bonchev–Trinajstić information content (AvgIpc) is 3.52. The summed E-state index contributed by atoms with van der Waals surface area (Å²) in [4.78, 5) is 21.5. The number of piperidine rings is 1. The molecule has 2 aromatic rings. The quantitative estimate of drug-likeness (QED) is 0.701. The van der Waals surface area contributed by atoms with Gasteiger partial charge in [-0.1, -0.05) is 11.6 Å². The van der Waals surface area contributed by atoms with Crippen LogP contribution in [0, 0.1) is 0 Å². The molecule has 4 aliphatic rings. The maximum atomic E-state index is 12.9. The number of fused-ring (bicyclic) bond motifs is 3. The van der Waals surface area contributed by atoms with Gasteiger partial charge in [0.1, 0.15) is 16.5 Å². The molecule has 4 heterocycles. The van der Waals surface area contributed by atoms with Crippen LogP contribution in [0.1, 0.15) is 61.9 Å². The first kappa shape index (κ1) is 19.8. The standard InChI is InChI=1S/C21H25ClN6O2S/c22-13-9-23-18(24-10-13)12-2-6-28(7-3-12)20-25-16-14-8-15(14)31(30)17(16)19(26-20)27-21(11-29)4-1-5-21/h9-10,12,14-15,29H,1-8,11H2,(H,25,26,27)/t14-,15?,31+/m0/s1. The lowest BCUT2D eigenvalue weighted by atomic mass is 9.77. The van der Waals surface area contributed by atoms with E-state index in [1.165, 1.54) is 0 Å². The van der Waals surface area contributed by atoms with Crippen molar-refractivity contribution in [1.82, 2.24) is 19.9 Å². The van der Waals surface area contributed by atoms with Crippen molar-refractivity contribution in [3.63, 3.8) is 0 Å².